The Morgan fingerprint density at radius 2 is 1.91 bits per heavy atom. The summed E-state index contributed by atoms with van der Waals surface area (Å²) < 4.78 is 44.9. The molecule has 12 heteroatoms. The van der Waals surface area contributed by atoms with Crippen LogP contribution >= 0.6 is 12.2 Å². The summed E-state index contributed by atoms with van der Waals surface area (Å²) in [7, 11) is 0. The number of hydrogen-bond donors (Lipinski definition) is 2. The number of nitro groups is 1. The minimum Gasteiger partial charge on any atom is -0.378 e. The first kappa shape index (κ1) is 24.1. The zero-order chi connectivity index (χ0) is 24.0. The number of alkyl halides is 3. The van der Waals surface area contributed by atoms with Crippen molar-refractivity contribution in [3.05, 3.63) is 69.8 Å². The Morgan fingerprint density at radius 3 is 2.58 bits per heavy atom. The van der Waals surface area contributed by atoms with Crippen molar-refractivity contribution in [3.8, 4) is 0 Å². The molecule has 1 aliphatic rings. The highest BCUT2D eigenvalue weighted by Gasteiger charge is 2.31. The van der Waals surface area contributed by atoms with E-state index in [1.54, 1.807) is 6.07 Å². The molecule has 33 heavy (non-hydrogen) atoms. The van der Waals surface area contributed by atoms with Gasteiger partial charge in [-0.3, -0.25) is 20.2 Å². The molecule has 8 nitrogen and oxygen atoms in total. The van der Waals surface area contributed by atoms with E-state index in [0.717, 1.165) is 18.2 Å². The van der Waals surface area contributed by atoms with Crippen molar-refractivity contribution in [2.24, 2.45) is 0 Å². The van der Waals surface area contributed by atoms with Gasteiger partial charge in [-0.15, -0.1) is 0 Å². The number of hydrogen-bond acceptors (Lipinski definition) is 6. The number of carbonyl (C=O) groups is 1. The molecule has 0 bridgehead atoms. The van der Waals surface area contributed by atoms with E-state index in [4.69, 9.17) is 17.0 Å². The fourth-order valence-electron chi connectivity index (χ4n) is 3.11. The van der Waals surface area contributed by atoms with Gasteiger partial charge in [-0.2, -0.15) is 13.2 Å². The molecule has 0 saturated carbocycles. The van der Waals surface area contributed by atoms with Gasteiger partial charge in [-0.1, -0.05) is 12.1 Å². The Balaban J connectivity index is 1.72. The summed E-state index contributed by atoms with van der Waals surface area (Å²) in [5.74, 6) is -0.654. The second kappa shape index (κ2) is 10.4. The molecule has 0 aromatic heterocycles. The van der Waals surface area contributed by atoms with E-state index >= 15 is 0 Å². The number of morpholine rings is 1. The van der Waals surface area contributed by atoms with Gasteiger partial charge in [0, 0.05) is 31.3 Å². The number of rotatable bonds is 5. The Labute approximate surface area is 192 Å². The maximum atomic E-state index is 13.2. The maximum absolute atomic E-state index is 13.2. The monoisotopic (exact) mass is 480 g/mol. The van der Waals surface area contributed by atoms with Crippen molar-refractivity contribution < 1.29 is 27.6 Å². The third-order valence-corrected chi connectivity index (χ3v) is 4.87. The normalized spacial score (nSPS) is 14.2. The third-order valence-electron chi connectivity index (χ3n) is 4.67. The number of nitrogens with zero attached hydrogens (tertiary/aromatic N) is 2. The molecule has 0 spiro atoms. The van der Waals surface area contributed by atoms with Crippen LogP contribution in [0.15, 0.2) is 48.5 Å². The Morgan fingerprint density at radius 1 is 1.18 bits per heavy atom. The lowest BCUT2D eigenvalue weighted by atomic mass is 10.1. The number of ether oxygens (including phenoxy) is 1. The molecular weight excluding hydrogens is 461 g/mol. The summed E-state index contributed by atoms with van der Waals surface area (Å²) in [6, 6.07) is 8.92. The van der Waals surface area contributed by atoms with Gasteiger partial charge in [0.05, 0.1) is 35.1 Å². The van der Waals surface area contributed by atoms with E-state index in [2.05, 4.69) is 10.6 Å². The van der Waals surface area contributed by atoms with Crippen LogP contribution < -0.4 is 15.5 Å². The summed E-state index contributed by atoms with van der Waals surface area (Å²) in [6.07, 6.45) is -2.08. The molecule has 1 fully saturated rings. The average Bonchev–Trinajstić information content (AvgIpc) is 2.77. The van der Waals surface area contributed by atoms with Crippen LogP contribution in [0.3, 0.4) is 0 Å². The highest BCUT2D eigenvalue weighted by Crippen LogP contribution is 2.35. The maximum Gasteiger partial charge on any atom is 0.416 e. The molecule has 3 rings (SSSR count). The summed E-state index contributed by atoms with van der Waals surface area (Å²) in [4.78, 5) is 24.3. The van der Waals surface area contributed by atoms with Crippen molar-refractivity contribution in [2.75, 3.05) is 36.5 Å². The molecule has 174 valence electrons. The molecule has 2 aromatic rings. The number of nitrogens with one attached hydrogen (secondary N) is 2. The third kappa shape index (κ3) is 6.73. The molecule has 1 heterocycles. The summed E-state index contributed by atoms with van der Waals surface area (Å²) in [6.45, 7) is 1.85. The number of benzene rings is 2. The number of halogens is 3. The van der Waals surface area contributed by atoms with Gasteiger partial charge in [0.1, 0.15) is 0 Å². The van der Waals surface area contributed by atoms with E-state index in [9.17, 15) is 28.1 Å². The van der Waals surface area contributed by atoms with Crippen LogP contribution in [0.5, 0.6) is 0 Å². The largest absolute Gasteiger partial charge is 0.416 e. The van der Waals surface area contributed by atoms with E-state index in [1.807, 2.05) is 4.90 Å². The van der Waals surface area contributed by atoms with Crippen LogP contribution in [-0.4, -0.2) is 42.2 Å². The topological polar surface area (TPSA) is 96.7 Å². The molecule has 1 saturated heterocycles. The second-order valence-electron chi connectivity index (χ2n) is 6.96. The Bertz CT molecular complexity index is 1090. The van der Waals surface area contributed by atoms with Crippen LogP contribution in [0.1, 0.15) is 11.1 Å². The Kier molecular flexibility index (Phi) is 7.61. The summed E-state index contributed by atoms with van der Waals surface area (Å²) in [5.41, 5.74) is 0.0251. The summed E-state index contributed by atoms with van der Waals surface area (Å²) in [5, 5.41) is 15.7. The van der Waals surface area contributed by atoms with E-state index in [-0.39, 0.29) is 16.5 Å². The average molecular weight is 480 g/mol. The van der Waals surface area contributed by atoms with Gasteiger partial charge < -0.3 is 15.0 Å². The van der Waals surface area contributed by atoms with Crippen molar-refractivity contribution in [1.29, 1.82) is 0 Å². The first-order valence-corrected chi connectivity index (χ1v) is 10.1. The number of nitro benzene ring substituents is 1. The van der Waals surface area contributed by atoms with E-state index in [1.165, 1.54) is 30.3 Å². The van der Waals surface area contributed by atoms with Crippen LogP contribution in [-0.2, 0) is 15.7 Å². The SMILES string of the molecule is O=C(/C=C/c1cccc([N+](=O)[O-])c1)NC(=S)Nc1cc(C(F)(F)F)ccc1N1CCOCC1. The first-order valence-electron chi connectivity index (χ1n) is 9.72. The van der Waals surface area contributed by atoms with Crippen molar-refractivity contribution in [1.82, 2.24) is 5.32 Å². The highest BCUT2D eigenvalue weighted by molar-refractivity contribution is 7.80. The standard InChI is InChI=1S/C21H19F3N4O4S/c22-21(23,24)15-5-6-18(27-8-10-32-11-9-27)17(13-15)25-20(33)26-19(29)7-4-14-2-1-3-16(12-14)28(30)31/h1-7,12-13H,8-11H2,(H2,25,26,29,33)/b7-4+. The molecule has 2 aromatic carbocycles. The number of anilines is 2. The fraction of sp³-hybridized carbons (Fsp3) is 0.238. The molecule has 0 radical (unpaired) electrons. The zero-order valence-electron chi connectivity index (χ0n) is 17.1. The smallest absolute Gasteiger partial charge is 0.378 e. The number of non-ortho nitro benzene ring substituents is 1. The second-order valence-corrected chi connectivity index (χ2v) is 7.37. The number of carbonyl (C=O) groups excluding carboxylic acids is 1. The van der Waals surface area contributed by atoms with Crippen LogP contribution in [0.2, 0.25) is 0 Å². The first-order chi connectivity index (χ1) is 15.6. The lowest BCUT2D eigenvalue weighted by Crippen LogP contribution is -2.38. The lowest BCUT2D eigenvalue weighted by molar-refractivity contribution is -0.384. The van der Waals surface area contributed by atoms with Crippen LogP contribution in [0.25, 0.3) is 6.08 Å². The van der Waals surface area contributed by atoms with Crippen LogP contribution in [0.4, 0.5) is 30.2 Å². The fourth-order valence-corrected chi connectivity index (χ4v) is 3.32. The molecule has 0 unspecified atom stereocenters. The van der Waals surface area contributed by atoms with Gasteiger partial charge in [-0.25, -0.2) is 0 Å². The van der Waals surface area contributed by atoms with Gasteiger partial charge in [0.2, 0.25) is 5.91 Å². The highest BCUT2D eigenvalue weighted by atomic mass is 32.1. The van der Waals surface area contributed by atoms with E-state index < -0.39 is 22.6 Å². The zero-order valence-corrected chi connectivity index (χ0v) is 17.9. The molecule has 1 aliphatic heterocycles. The molecule has 0 atom stereocenters. The minimum atomic E-state index is -4.55. The molecule has 1 amide bonds. The predicted octanol–water partition coefficient (Wildman–Crippen LogP) is 3.98. The number of amides is 1. The Hall–Kier alpha value is -3.51. The van der Waals surface area contributed by atoms with Gasteiger partial charge >= 0.3 is 6.18 Å². The van der Waals surface area contributed by atoms with Crippen molar-refractivity contribution in [2.45, 2.75) is 6.18 Å². The molecule has 0 aliphatic carbocycles. The number of thiocarbonyl (C=S) groups is 1. The van der Waals surface area contributed by atoms with Gasteiger partial charge in [0.15, 0.2) is 5.11 Å². The van der Waals surface area contributed by atoms with Gasteiger partial charge in [-0.05, 0) is 42.1 Å². The van der Waals surface area contributed by atoms with Crippen molar-refractivity contribution in [3.63, 3.8) is 0 Å². The predicted molar refractivity (Wildman–Crippen MR) is 121 cm³/mol. The van der Waals surface area contributed by atoms with E-state index in [0.29, 0.717) is 37.6 Å². The molecular formula is C21H19F3N4O4S. The minimum absolute atomic E-state index is 0.0969. The molecule has 2 N–H and O–H groups in total. The van der Waals surface area contributed by atoms with Gasteiger partial charge in [0.25, 0.3) is 5.69 Å². The van der Waals surface area contributed by atoms with Crippen molar-refractivity contribution >= 4 is 46.4 Å². The lowest BCUT2D eigenvalue weighted by Gasteiger charge is -2.31. The summed E-state index contributed by atoms with van der Waals surface area (Å²) >= 11 is 5.11. The van der Waals surface area contributed by atoms with Crippen LogP contribution in [0, 0.1) is 10.1 Å². The quantitative estimate of drug-likeness (QED) is 0.289.